The SMILES string of the molecule is CCN1C(=O)COc2ccc(C(CO)NC)cc21. The van der Waals surface area contributed by atoms with Crippen molar-refractivity contribution >= 4 is 11.6 Å². The molecule has 1 unspecified atom stereocenters. The molecule has 5 nitrogen and oxygen atoms in total. The summed E-state index contributed by atoms with van der Waals surface area (Å²) in [5, 5.41) is 12.3. The predicted molar refractivity (Wildman–Crippen MR) is 68.9 cm³/mol. The molecule has 1 aromatic rings. The summed E-state index contributed by atoms with van der Waals surface area (Å²) in [6.07, 6.45) is 0. The number of rotatable bonds is 4. The molecule has 0 spiro atoms. The van der Waals surface area contributed by atoms with Crippen molar-refractivity contribution in [1.29, 1.82) is 0 Å². The average Bonchev–Trinajstić information content (AvgIpc) is 2.40. The molecule has 18 heavy (non-hydrogen) atoms. The molecular weight excluding hydrogens is 232 g/mol. The first kappa shape index (κ1) is 12.9. The number of anilines is 1. The highest BCUT2D eigenvalue weighted by atomic mass is 16.5. The first-order chi connectivity index (χ1) is 8.71. The fraction of sp³-hybridized carbons (Fsp3) is 0.462. The monoisotopic (exact) mass is 250 g/mol. The first-order valence-corrected chi connectivity index (χ1v) is 6.06. The topological polar surface area (TPSA) is 61.8 Å². The van der Waals surface area contributed by atoms with Gasteiger partial charge in [-0.2, -0.15) is 0 Å². The van der Waals surface area contributed by atoms with E-state index >= 15 is 0 Å². The number of nitrogens with zero attached hydrogens (tertiary/aromatic N) is 1. The molecule has 0 saturated heterocycles. The van der Waals surface area contributed by atoms with Crippen LogP contribution in [0.1, 0.15) is 18.5 Å². The number of benzene rings is 1. The Morgan fingerprint density at radius 2 is 2.33 bits per heavy atom. The third-order valence-electron chi connectivity index (χ3n) is 3.18. The third kappa shape index (κ3) is 2.19. The number of aliphatic hydroxyl groups is 1. The van der Waals surface area contributed by atoms with Crippen LogP contribution in [0.4, 0.5) is 5.69 Å². The van der Waals surface area contributed by atoms with Crippen LogP contribution in [-0.2, 0) is 4.79 Å². The van der Waals surface area contributed by atoms with Crippen LogP contribution in [0.15, 0.2) is 18.2 Å². The van der Waals surface area contributed by atoms with Crippen LogP contribution in [0, 0.1) is 0 Å². The molecule has 98 valence electrons. The van der Waals surface area contributed by atoms with Gasteiger partial charge in [-0.15, -0.1) is 0 Å². The highest BCUT2D eigenvalue weighted by Gasteiger charge is 2.25. The van der Waals surface area contributed by atoms with Crippen LogP contribution in [-0.4, -0.2) is 37.8 Å². The lowest BCUT2D eigenvalue weighted by Gasteiger charge is -2.29. The molecule has 1 aromatic carbocycles. The Morgan fingerprint density at radius 1 is 1.56 bits per heavy atom. The number of nitrogens with one attached hydrogen (secondary N) is 1. The lowest BCUT2D eigenvalue weighted by atomic mass is 10.1. The van der Waals surface area contributed by atoms with Crippen LogP contribution in [0.3, 0.4) is 0 Å². The van der Waals surface area contributed by atoms with Crippen molar-refractivity contribution in [3.05, 3.63) is 23.8 Å². The Morgan fingerprint density at radius 3 is 2.94 bits per heavy atom. The van der Waals surface area contributed by atoms with Gasteiger partial charge in [0.25, 0.3) is 5.91 Å². The molecule has 2 N–H and O–H groups in total. The van der Waals surface area contributed by atoms with Crippen LogP contribution >= 0.6 is 0 Å². The van der Waals surface area contributed by atoms with Crippen LogP contribution < -0.4 is 15.0 Å². The van der Waals surface area contributed by atoms with Crippen LogP contribution in [0.25, 0.3) is 0 Å². The van der Waals surface area contributed by atoms with E-state index in [9.17, 15) is 9.90 Å². The zero-order valence-corrected chi connectivity index (χ0v) is 10.6. The van der Waals surface area contributed by atoms with Gasteiger partial charge < -0.3 is 20.1 Å². The highest BCUT2D eigenvalue weighted by molar-refractivity contribution is 5.97. The fourth-order valence-electron chi connectivity index (χ4n) is 2.15. The van der Waals surface area contributed by atoms with E-state index in [0.29, 0.717) is 12.3 Å². The standard InChI is InChI=1S/C13H18N2O3/c1-3-15-11-6-9(10(7-16)14-2)4-5-12(11)18-8-13(15)17/h4-6,10,14,16H,3,7-8H2,1-2H3. The van der Waals surface area contributed by atoms with E-state index in [2.05, 4.69) is 5.32 Å². The number of fused-ring (bicyclic) bond motifs is 1. The molecular formula is C13H18N2O3. The van der Waals surface area contributed by atoms with E-state index in [-0.39, 0.29) is 25.2 Å². The minimum atomic E-state index is -0.133. The molecule has 0 bridgehead atoms. The molecule has 1 atom stereocenters. The molecule has 0 aliphatic carbocycles. The lowest BCUT2D eigenvalue weighted by molar-refractivity contribution is -0.121. The van der Waals surface area contributed by atoms with Crippen molar-refractivity contribution in [2.45, 2.75) is 13.0 Å². The molecule has 5 heteroatoms. The van der Waals surface area contributed by atoms with Gasteiger partial charge in [0.15, 0.2) is 6.61 Å². The Balaban J connectivity index is 2.40. The second-order valence-corrected chi connectivity index (χ2v) is 4.18. The number of likely N-dealkylation sites (N-methyl/N-ethyl adjacent to an activating group) is 2. The number of carbonyl (C=O) groups is 1. The predicted octanol–water partition coefficient (Wildman–Crippen LogP) is 0.685. The maximum atomic E-state index is 11.7. The van der Waals surface area contributed by atoms with Gasteiger partial charge in [0, 0.05) is 6.54 Å². The lowest BCUT2D eigenvalue weighted by Crippen LogP contribution is -2.38. The number of hydrogen-bond donors (Lipinski definition) is 2. The van der Waals surface area contributed by atoms with Gasteiger partial charge >= 0.3 is 0 Å². The van der Waals surface area contributed by atoms with Gasteiger partial charge in [0.2, 0.25) is 0 Å². The number of amides is 1. The summed E-state index contributed by atoms with van der Waals surface area (Å²) >= 11 is 0. The Hall–Kier alpha value is -1.59. The van der Waals surface area contributed by atoms with Gasteiger partial charge in [0.05, 0.1) is 18.3 Å². The zero-order valence-electron chi connectivity index (χ0n) is 10.6. The quantitative estimate of drug-likeness (QED) is 0.825. The third-order valence-corrected chi connectivity index (χ3v) is 3.18. The van der Waals surface area contributed by atoms with E-state index in [1.54, 1.807) is 11.9 Å². The number of carbonyl (C=O) groups excluding carboxylic acids is 1. The second kappa shape index (κ2) is 5.37. The van der Waals surface area contributed by atoms with E-state index in [4.69, 9.17) is 4.74 Å². The molecule has 0 saturated carbocycles. The van der Waals surface area contributed by atoms with Gasteiger partial charge in [0.1, 0.15) is 5.75 Å². The average molecular weight is 250 g/mol. The minimum Gasteiger partial charge on any atom is -0.482 e. The van der Waals surface area contributed by atoms with Crippen molar-refractivity contribution in [2.75, 3.05) is 31.7 Å². The van der Waals surface area contributed by atoms with Crippen LogP contribution in [0.5, 0.6) is 5.75 Å². The van der Waals surface area contributed by atoms with Crippen molar-refractivity contribution in [3.63, 3.8) is 0 Å². The Labute approximate surface area is 106 Å². The normalized spacial score (nSPS) is 16.2. The maximum absolute atomic E-state index is 11.7. The molecule has 0 fully saturated rings. The van der Waals surface area contributed by atoms with Gasteiger partial charge in [-0.1, -0.05) is 6.07 Å². The number of ether oxygens (including phenoxy) is 1. The van der Waals surface area contributed by atoms with Gasteiger partial charge in [-0.3, -0.25) is 4.79 Å². The van der Waals surface area contributed by atoms with Gasteiger partial charge in [-0.05, 0) is 31.7 Å². The number of hydrogen-bond acceptors (Lipinski definition) is 4. The molecule has 1 heterocycles. The summed E-state index contributed by atoms with van der Waals surface area (Å²) in [5.74, 6) is 0.681. The first-order valence-electron chi connectivity index (χ1n) is 6.06. The van der Waals surface area contributed by atoms with E-state index in [0.717, 1.165) is 11.3 Å². The summed E-state index contributed by atoms with van der Waals surface area (Å²) in [7, 11) is 1.79. The van der Waals surface area contributed by atoms with Crippen LogP contribution in [0.2, 0.25) is 0 Å². The fourth-order valence-corrected chi connectivity index (χ4v) is 2.15. The second-order valence-electron chi connectivity index (χ2n) is 4.18. The van der Waals surface area contributed by atoms with E-state index in [1.165, 1.54) is 0 Å². The highest BCUT2D eigenvalue weighted by Crippen LogP contribution is 2.34. The summed E-state index contributed by atoms with van der Waals surface area (Å²) in [6, 6.07) is 5.51. The van der Waals surface area contributed by atoms with Crippen molar-refractivity contribution in [1.82, 2.24) is 5.32 Å². The van der Waals surface area contributed by atoms with Gasteiger partial charge in [-0.25, -0.2) is 0 Å². The summed E-state index contributed by atoms with van der Waals surface area (Å²) in [5.41, 5.74) is 1.72. The zero-order chi connectivity index (χ0) is 13.1. The molecule has 0 radical (unpaired) electrons. The Kier molecular flexibility index (Phi) is 3.84. The summed E-state index contributed by atoms with van der Waals surface area (Å²) in [4.78, 5) is 13.4. The van der Waals surface area contributed by atoms with Crippen molar-refractivity contribution in [2.24, 2.45) is 0 Å². The van der Waals surface area contributed by atoms with Crippen molar-refractivity contribution in [3.8, 4) is 5.75 Å². The molecule has 0 aromatic heterocycles. The van der Waals surface area contributed by atoms with E-state index < -0.39 is 0 Å². The Bertz CT molecular complexity index is 444. The molecule has 1 aliphatic heterocycles. The summed E-state index contributed by atoms with van der Waals surface area (Å²) < 4.78 is 5.40. The molecule has 1 amide bonds. The number of aliphatic hydroxyl groups excluding tert-OH is 1. The molecule has 2 rings (SSSR count). The largest absolute Gasteiger partial charge is 0.482 e. The minimum absolute atomic E-state index is 0.0101. The van der Waals surface area contributed by atoms with E-state index in [1.807, 2.05) is 25.1 Å². The smallest absolute Gasteiger partial charge is 0.265 e. The maximum Gasteiger partial charge on any atom is 0.265 e. The summed E-state index contributed by atoms with van der Waals surface area (Å²) in [6.45, 7) is 2.65. The molecule has 1 aliphatic rings. The van der Waals surface area contributed by atoms with Crippen molar-refractivity contribution < 1.29 is 14.6 Å².